The van der Waals surface area contributed by atoms with Crippen molar-refractivity contribution in [2.45, 2.75) is 12.8 Å². The van der Waals surface area contributed by atoms with Crippen LogP contribution in [0.3, 0.4) is 0 Å². The van der Waals surface area contributed by atoms with Crippen LogP contribution in [-0.4, -0.2) is 18.1 Å². The van der Waals surface area contributed by atoms with Gasteiger partial charge in [-0.15, -0.1) is 0 Å². The van der Waals surface area contributed by atoms with Gasteiger partial charge in [0.2, 0.25) is 0 Å². The number of hydrogen-bond acceptors (Lipinski definition) is 4. The lowest BCUT2D eigenvalue weighted by Crippen LogP contribution is -2.17. The third kappa shape index (κ3) is 2.56. The topological polar surface area (TPSA) is 85.2 Å². The lowest BCUT2D eigenvalue weighted by Gasteiger charge is -2.06. The predicted molar refractivity (Wildman–Crippen MR) is 52.2 cm³/mol. The maximum atomic E-state index is 12.4. The summed E-state index contributed by atoms with van der Waals surface area (Å²) < 4.78 is 29.1. The molecule has 0 radical (unpaired) electrons. The molecule has 0 fully saturated rings. The smallest absolute Gasteiger partial charge is 0.311 e. The van der Waals surface area contributed by atoms with Crippen molar-refractivity contribution < 1.29 is 18.3 Å². The number of H-pyrrole nitrogens is 1. The van der Waals surface area contributed by atoms with Crippen molar-refractivity contribution in [3.05, 3.63) is 27.5 Å². The van der Waals surface area contributed by atoms with E-state index in [0.29, 0.717) is 0 Å². The molecule has 1 aromatic heterocycles. The van der Waals surface area contributed by atoms with Gasteiger partial charge in [0.1, 0.15) is 11.4 Å². The molecular formula is C9H10F2N2O3. The molecule has 0 atom stereocenters. The van der Waals surface area contributed by atoms with Gasteiger partial charge in [-0.1, -0.05) is 0 Å². The zero-order chi connectivity index (χ0) is 12.3. The van der Waals surface area contributed by atoms with Gasteiger partial charge in [-0.05, 0) is 0 Å². The van der Waals surface area contributed by atoms with E-state index in [4.69, 9.17) is 5.73 Å². The van der Waals surface area contributed by atoms with E-state index in [0.717, 1.165) is 6.07 Å². The summed E-state index contributed by atoms with van der Waals surface area (Å²) in [4.78, 5) is 24.5. The number of nitrogens with one attached hydrogen (secondary N) is 1. The third-order valence-electron chi connectivity index (χ3n) is 1.94. The highest BCUT2D eigenvalue weighted by Crippen LogP contribution is 2.19. The number of hydrogen-bond donors (Lipinski definition) is 2. The van der Waals surface area contributed by atoms with E-state index in [9.17, 15) is 18.4 Å². The average Bonchev–Trinajstić information content (AvgIpc) is 2.15. The van der Waals surface area contributed by atoms with Crippen LogP contribution in [0.4, 0.5) is 14.6 Å². The van der Waals surface area contributed by atoms with Crippen LogP contribution in [0.25, 0.3) is 0 Å². The second kappa shape index (κ2) is 4.73. The second-order valence-electron chi connectivity index (χ2n) is 3.04. The van der Waals surface area contributed by atoms with E-state index in [1.165, 1.54) is 7.11 Å². The monoisotopic (exact) mass is 232 g/mol. The molecule has 16 heavy (non-hydrogen) atoms. The Balaban J connectivity index is 3.10. The summed E-state index contributed by atoms with van der Waals surface area (Å²) in [7, 11) is 1.18. The molecule has 7 heteroatoms. The summed E-state index contributed by atoms with van der Waals surface area (Å²) in [6.45, 7) is 0. The van der Waals surface area contributed by atoms with Crippen LogP contribution in [0, 0.1) is 0 Å². The van der Waals surface area contributed by atoms with E-state index in [1.54, 1.807) is 0 Å². The molecule has 5 nitrogen and oxygen atoms in total. The highest BCUT2D eigenvalue weighted by atomic mass is 19.3. The van der Waals surface area contributed by atoms with Crippen molar-refractivity contribution in [1.82, 2.24) is 4.98 Å². The Kier molecular flexibility index (Phi) is 3.60. The molecule has 1 aromatic rings. The van der Waals surface area contributed by atoms with Gasteiger partial charge in [-0.25, -0.2) is 8.78 Å². The van der Waals surface area contributed by atoms with E-state index < -0.39 is 29.2 Å². The van der Waals surface area contributed by atoms with Crippen molar-refractivity contribution >= 4 is 11.8 Å². The van der Waals surface area contributed by atoms with Crippen LogP contribution < -0.4 is 11.2 Å². The van der Waals surface area contributed by atoms with E-state index in [2.05, 4.69) is 9.72 Å². The molecule has 0 unspecified atom stereocenters. The number of methoxy groups -OCH3 is 1. The van der Waals surface area contributed by atoms with Crippen LogP contribution in [-0.2, 0) is 16.0 Å². The van der Waals surface area contributed by atoms with Gasteiger partial charge >= 0.3 is 5.97 Å². The summed E-state index contributed by atoms with van der Waals surface area (Å²) in [6, 6.07) is 0.911. The molecule has 0 spiro atoms. The van der Waals surface area contributed by atoms with Crippen LogP contribution in [0.1, 0.15) is 17.7 Å². The highest BCUT2D eigenvalue weighted by Gasteiger charge is 2.17. The summed E-state index contributed by atoms with van der Waals surface area (Å²) in [5, 5.41) is 0. The number of anilines is 1. The third-order valence-corrected chi connectivity index (χ3v) is 1.94. The second-order valence-corrected chi connectivity index (χ2v) is 3.04. The molecule has 0 aliphatic carbocycles. The first-order chi connectivity index (χ1) is 7.45. The van der Waals surface area contributed by atoms with Crippen LogP contribution in [0.2, 0.25) is 0 Å². The number of carbonyl (C=O) groups is 1. The Bertz CT molecular complexity index is 457. The molecule has 0 aliphatic heterocycles. The molecule has 0 amide bonds. The lowest BCUT2D eigenvalue weighted by atomic mass is 10.2. The van der Waals surface area contributed by atoms with Gasteiger partial charge < -0.3 is 15.5 Å². The van der Waals surface area contributed by atoms with Crippen molar-refractivity contribution in [2.75, 3.05) is 12.8 Å². The number of nitrogen functional groups attached to an aromatic ring is 1. The van der Waals surface area contributed by atoms with E-state index >= 15 is 0 Å². The minimum absolute atomic E-state index is 0.138. The number of ether oxygens (including phenoxy) is 1. The first kappa shape index (κ1) is 12.2. The quantitative estimate of drug-likeness (QED) is 0.747. The van der Waals surface area contributed by atoms with Gasteiger partial charge in [-0.2, -0.15) is 0 Å². The van der Waals surface area contributed by atoms with Gasteiger partial charge in [0, 0.05) is 11.8 Å². The fourth-order valence-electron chi connectivity index (χ4n) is 1.19. The van der Waals surface area contributed by atoms with Gasteiger partial charge in [0.25, 0.3) is 6.43 Å². The minimum Gasteiger partial charge on any atom is -0.469 e. The summed E-state index contributed by atoms with van der Waals surface area (Å²) in [5.41, 5.74) is 3.71. The summed E-state index contributed by atoms with van der Waals surface area (Å²) >= 11 is 0. The summed E-state index contributed by atoms with van der Waals surface area (Å²) in [6.07, 6.45) is -3.17. The Morgan fingerprint density at radius 3 is 2.69 bits per heavy atom. The molecule has 0 aromatic carbocycles. The number of nitrogens with two attached hydrogens (primary N) is 1. The Labute approximate surface area is 89.2 Å². The minimum atomic E-state index is -2.95. The normalized spacial score (nSPS) is 10.5. The zero-order valence-electron chi connectivity index (χ0n) is 8.42. The molecule has 0 saturated carbocycles. The van der Waals surface area contributed by atoms with E-state index in [1.807, 2.05) is 0 Å². The number of rotatable bonds is 3. The molecule has 3 N–H and O–H groups in total. The van der Waals surface area contributed by atoms with Crippen molar-refractivity contribution in [1.29, 1.82) is 0 Å². The Morgan fingerprint density at radius 2 is 2.25 bits per heavy atom. The number of alkyl halides is 2. The largest absolute Gasteiger partial charge is 0.469 e. The first-order valence-electron chi connectivity index (χ1n) is 4.32. The highest BCUT2D eigenvalue weighted by molar-refractivity contribution is 5.72. The molecule has 1 rings (SSSR count). The fourth-order valence-corrected chi connectivity index (χ4v) is 1.19. The molecular weight excluding hydrogens is 222 g/mol. The first-order valence-corrected chi connectivity index (χ1v) is 4.32. The number of aromatic nitrogens is 1. The SMILES string of the molecule is COC(=O)Cc1cc(=O)c(C(F)F)c(N)[nH]1. The van der Waals surface area contributed by atoms with Gasteiger partial charge in [0.05, 0.1) is 13.5 Å². The fraction of sp³-hybridized carbons (Fsp3) is 0.333. The number of carbonyl (C=O) groups excluding carboxylic acids is 1. The number of aromatic amines is 1. The van der Waals surface area contributed by atoms with Crippen LogP contribution >= 0.6 is 0 Å². The standard InChI is InChI=1S/C9H10F2N2O3/c1-16-6(15)3-4-2-5(14)7(8(10)11)9(12)13-4/h2,8H,3H2,1H3,(H3,12,13,14). The molecule has 0 aliphatic rings. The van der Waals surface area contributed by atoms with E-state index in [-0.39, 0.29) is 12.1 Å². The maximum Gasteiger partial charge on any atom is 0.311 e. The average molecular weight is 232 g/mol. The maximum absolute atomic E-state index is 12.4. The van der Waals surface area contributed by atoms with Gasteiger partial charge in [-0.3, -0.25) is 9.59 Å². The van der Waals surface area contributed by atoms with Gasteiger partial charge in [0.15, 0.2) is 5.43 Å². The van der Waals surface area contributed by atoms with Crippen LogP contribution in [0.5, 0.6) is 0 Å². The molecule has 0 bridgehead atoms. The Morgan fingerprint density at radius 1 is 1.62 bits per heavy atom. The Hall–Kier alpha value is -1.92. The van der Waals surface area contributed by atoms with Crippen LogP contribution in [0.15, 0.2) is 10.9 Å². The lowest BCUT2D eigenvalue weighted by molar-refractivity contribution is -0.139. The number of esters is 1. The summed E-state index contributed by atoms with van der Waals surface area (Å²) in [5.74, 6) is -1.03. The number of pyridine rings is 1. The van der Waals surface area contributed by atoms with Crippen molar-refractivity contribution in [3.63, 3.8) is 0 Å². The predicted octanol–water partition coefficient (Wildman–Crippen LogP) is 0.610. The molecule has 88 valence electrons. The van der Waals surface area contributed by atoms with Crippen molar-refractivity contribution in [2.24, 2.45) is 0 Å². The number of halogens is 2. The molecule has 0 saturated heterocycles. The van der Waals surface area contributed by atoms with Crippen molar-refractivity contribution in [3.8, 4) is 0 Å². The zero-order valence-corrected chi connectivity index (χ0v) is 8.42. The molecule has 1 heterocycles.